The molecule has 4 rings (SSSR count). The lowest BCUT2D eigenvalue weighted by Crippen LogP contribution is -2.35. The van der Waals surface area contributed by atoms with Crippen molar-refractivity contribution in [2.24, 2.45) is 5.92 Å². The number of hydrogen-bond donors (Lipinski definition) is 1. The van der Waals surface area contributed by atoms with Gasteiger partial charge < -0.3 is 14.6 Å². The van der Waals surface area contributed by atoms with Crippen molar-refractivity contribution in [3.63, 3.8) is 0 Å². The van der Waals surface area contributed by atoms with Crippen LogP contribution in [0.15, 0.2) is 46.2 Å². The molecule has 1 aliphatic heterocycles. The molecule has 0 bridgehead atoms. The molecule has 1 aromatic carbocycles. The van der Waals surface area contributed by atoms with Gasteiger partial charge >= 0.3 is 0 Å². The van der Waals surface area contributed by atoms with Gasteiger partial charge in [-0.25, -0.2) is 0 Å². The van der Waals surface area contributed by atoms with Crippen LogP contribution >= 0.6 is 35.0 Å². The maximum Gasteiger partial charge on any atom is 0.234 e. The highest BCUT2D eigenvalue weighted by Gasteiger charge is 2.24. The summed E-state index contributed by atoms with van der Waals surface area (Å²) in [7, 11) is 0. The first-order valence-electron chi connectivity index (χ1n) is 10.1. The summed E-state index contributed by atoms with van der Waals surface area (Å²) in [5, 5.41) is 13.0. The molecule has 31 heavy (non-hydrogen) atoms. The van der Waals surface area contributed by atoms with E-state index in [0.717, 1.165) is 37.6 Å². The monoisotopic (exact) mass is 479 g/mol. The highest BCUT2D eigenvalue weighted by atomic mass is 35.5. The average molecular weight is 480 g/mol. The summed E-state index contributed by atoms with van der Waals surface area (Å²) in [4.78, 5) is 14.8. The number of hydrogen-bond acceptors (Lipinski definition) is 6. The predicted molar refractivity (Wildman–Crippen MR) is 124 cm³/mol. The van der Waals surface area contributed by atoms with E-state index in [2.05, 4.69) is 27.3 Å². The third-order valence-electron chi connectivity index (χ3n) is 5.22. The van der Waals surface area contributed by atoms with E-state index in [1.807, 2.05) is 16.7 Å². The lowest BCUT2D eigenvalue weighted by molar-refractivity contribution is -0.113. The number of anilines is 2. The molecule has 1 fully saturated rings. The van der Waals surface area contributed by atoms with E-state index in [1.54, 1.807) is 24.5 Å². The molecule has 7 nitrogen and oxygen atoms in total. The highest BCUT2D eigenvalue weighted by molar-refractivity contribution is 7.99. The van der Waals surface area contributed by atoms with Gasteiger partial charge in [0.25, 0.3) is 0 Å². The number of benzene rings is 1. The Kier molecular flexibility index (Phi) is 7.09. The third kappa shape index (κ3) is 5.37. The Morgan fingerprint density at radius 1 is 1.23 bits per heavy atom. The maximum absolute atomic E-state index is 12.5. The van der Waals surface area contributed by atoms with Crippen molar-refractivity contribution in [2.75, 3.05) is 29.1 Å². The number of aromatic nitrogens is 3. The average Bonchev–Trinajstić information content (AvgIpc) is 3.41. The van der Waals surface area contributed by atoms with Gasteiger partial charge in [-0.1, -0.05) is 48.0 Å². The van der Waals surface area contributed by atoms with Crippen LogP contribution < -0.4 is 10.2 Å². The molecular weight excluding hydrogens is 457 g/mol. The summed E-state index contributed by atoms with van der Waals surface area (Å²) >= 11 is 13.5. The zero-order valence-electron chi connectivity index (χ0n) is 17.1. The molecule has 1 amide bonds. The summed E-state index contributed by atoms with van der Waals surface area (Å²) in [6.45, 7) is 4.66. The number of nitrogens with one attached hydrogen (secondary N) is 1. The Bertz CT molecular complexity index is 1030. The van der Waals surface area contributed by atoms with E-state index < -0.39 is 0 Å². The van der Waals surface area contributed by atoms with Gasteiger partial charge in [-0.15, -0.1) is 10.2 Å². The van der Waals surface area contributed by atoms with Crippen molar-refractivity contribution in [3.05, 3.63) is 52.4 Å². The number of rotatable bonds is 7. The number of halogens is 2. The van der Waals surface area contributed by atoms with Crippen LogP contribution in [0.5, 0.6) is 0 Å². The molecule has 1 aliphatic rings. The minimum absolute atomic E-state index is 0.163. The van der Waals surface area contributed by atoms with Gasteiger partial charge in [0.15, 0.2) is 5.16 Å². The van der Waals surface area contributed by atoms with Crippen LogP contribution in [0.25, 0.3) is 0 Å². The van der Waals surface area contributed by atoms with Crippen LogP contribution in [0.2, 0.25) is 10.0 Å². The van der Waals surface area contributed by atoms with E-state index in [9.17, 15) is 4.79 Å². The normalized spacial score (nSPS) is 14.7. The second-order valence-electron chi connectivity index (χ2n) is 7.56. The molecule has 1 N–H and O–H groups in total. The molecule has 0 unspecified atom stereocenters. The topological polar surface area (TPSA) is 76.2 Å². The summed E-state index contributed by atoms with van der Waals surface area (Å²) in [5.41, 5.74) is 0.486. The Balaban J connectivity index is 1.48. The third-order valence-corrected chi connectivity index (χ3v) is 7.00. The zero-order valence-corrected chi connectivity index (χ0v) is 19.4. The molecule has 0 spiro atoms. The quantitative estimate of drug-likeness (QED) is 0.469. The molecule has 164 valence electrons. The lowest BCUT2D eigenvalue weighted by atomic mass is 10.00. The molecular formula is C21H23Cl2N5O2S. The molecule has 0 atom stereocenters. The van der Waals surface area contributed by atoms with Crippen molar-refractivity contribution >= 4 is 52.5 Å². The van der Waals surface area contributed by atoms with Crippen LogP contribution in [0.3, 0.4) is 0 Å². The largest absolute Gasteiger partial charge is 0.467 e. The second kappa shape index (κ2) is 9.97. The van der Waals surface area contributed by atoms with Gasteiger partial charge in [0.1, 0.15) is 5.76 Å². The Hall–Kier alpha value is -2.16. The number of carbonyl (C=O) groups is 1. The molecule has 1 saturated heterocycles. The van der Waals surface area contributed by atoms with Gasteiger partial charge in [-0.3, -0.25) is 9.36 Å². The Morgan fingerprint density at radius 3 is 2.77 bits per heavy atom. The summed E-state index contributed by atoms with van der Waals surface area (Å²) in [6, 6.07) is 8.91. The first-order chi connectivity index (χ1) is 15.0. The second-order valence-corrected chi connectivity index (χ2v) is 9.28. The van der Waals surface area contributed by atoms with Crippen LogP contribution in [0.1, 0.15) is 25.5 Å². The fourth-order valence-electron chi connectivity index (χ4n) is 3.44. The minimum Gasteiger partial charge on any atom is -0.467 e. The molecule has 3 heterocycles. The summed E-state index contributed by atoms with van der Waals surface area (Å²) in [5.74, 6) is 2.30. The van der Waals surface area contributed by atoms with Gasteiger partial charge in [0, 0.05) is 13.1 Å². The fraction of sp³-hybridized carbons (Fsp3) is 0.381. The number of furan rings is 1. The van der Waals surface area contributed by atoms with Crippen LogP contribution in [-0.2, 0) is 11.3 Å². The van der Waals surface area contributed by atoms with Crippen molar-refractivity contribution in [3.8, 4) is 0 Å². The SMILES string of the molecule is CC1CCN(c2nnc(SCC(=O)Nc3cccc(Cl)c3Cl)n2Cc2ccco2)CC1. The smallest absolute Gasteiger partial charge is 0.234 e. The molecule has 3 aromatic rings. The molecule has 2 aromatic heterocycles. The molecule has 10 heteroatoms. The van der Waals surface area contributed by atoms with Crippen molar-refractivity contribution < 1.29 is 9.21 Å². The maximum atomic E-state index is 12.5. The van der Waals surface area contributed by atoms with Crippen LogP contribution in [0.4, 0.5) is 11.6 Å². The molecule has 0 radical (unpaired) electrons. The van der Waals surface area contributed by atoms with E-state index in [0.29, 0.717) is 33.4 Å². The van der Waals surface area contributed by atoms with Gasteiger partial charge in [0.2, 0.25) is 11.9 Å². The van der Waals surface area contributed by atoms with Gasteiger partial charge in [-0.05, 0) is 43.0 Å². The number of thioether (sulfide) groups is 1. The predicted octanol–water partition coefficient (Wildman–Crippen LogP) is 5.19. The van der Waals surface area contributed by atoms with Gasteiger partial charge in [0.05, 0.1) is 34.3 Å². The first-order valence-corrected chi connectivity index (χ1v) is 11.8. The van der Waals surface area contributed by atoms with E-state index in [1.165, 1.54) is 11.8 Å². The molecule has 0 saturated carbocycles. The van der Waals surface area contributed by atoms with Crippen molar-refractivity contribution in [1.82, 2.24) is 14.8 Å². The lowest BCUT2D eigenvalue weighted by Gasteiger charge is -2.31. The van der Waals surface area contributed by atoms with E-state index in [-0.39, 0.29) is 11.7 Å². The van der Waals surface area contributed by atoms with Gasteiger partial charge in [-0.2, -0.15) is 0 Å². The number of amides is 1. The van der Waals surface area contributed by atoms with E-state index >= 15 is 0 Å². The highest BCUT2D eigenvalue weighted by Crippen LogP contribution is 2.30. The standard InChI is InChI=1S/C21H23Cl2N5O2S/c1-14-7-9-27(10-8-14)20-25-26-21(28(20)12-15-4-3-11-30-15)31-13-18(29)24-17-6-2-5-16(22)19(17)23/h2-6,11,14H,7-10,12-13H2,1H3,(H,24,29). The Labute approximate surface area is 195 Å². The van der Waals surface area contributed by atoms with E-state index in [4.69, 9.17) is 27.6 Å². The van der Waals surface area contributed by atoms with Crippen LogP contribution in [-0.4, -0.2) is 39.5 Å². The minimum atomic E-state index is -0.199. The Morgan fingerprint density at radius 2 is 2.03 bits per heavy atom. The molecule has 0 aliphatic carbocycles. The van der Waals surface area contributed by atoms with Crippen LogP contribution in [0, 0.1) is 5.92 Å². The summed E-state index contributed by atoms with van der Waals surface area (Å²) < 4.78 is 7.55. The van der Waals surface area contributed by atoms with Crippen molar-refractivity contribution in [2.45, 2.75) is 31.5 Å². The number of nitrogens with zero attached hydrogens (tertiary/aromatic N) is 4. The fourth-order valence-corrected chi connectivity index (χ4v) is 4.52. The number of piperidine rings is 1. The zero-order chi connectivity index (χ0) is 21.8. The van der Waals surface area contributed by atoms with Crippen molar-refractivity contribution in [1.29, 1.82) is 0 Å². The first kappa shape index (κ1) is 22.0. The number of carbonyl (C=O) groups excluding carboxylic acids is 1. The summed E-state index contributed by atoms with van der Waals surface area (Å²) in [6.07, 6.45) is 3.90.